The molecule has 1 aromatic carbocycles. The van der Waals surface area contributed by atoms with Crippen molar-refractivity contribution < 1.29 is 9.13 Å². The molecule has 2 nitrogen and oxygen atoms in total. The van der Waals surface area contributed by atoms with Crippen molar-refractivity contribution in [3.63, 3.8) is 0 Å². The van der Waals surface area contributed by atoms with Gasteiger partial charge in [-0.3, -0.25) is 0 Å². The fraction of sp³-hybridized carbons (Fsp3) is 0.600. The normalized spacial score (nSPS) is 13.6. The molecule has 1 atom stereocenters. The van der Waals surface area contributed by atoms with E-state index in [9.17, 15) is 4.39 Å². The smallest absolute Gasteiger partial charge is 0.127 e. The van der Waals surface area contributed by atoms with E-state index >= 15 is 0 Å². The Labute approximate surface area is 110 Å². The van der Waals surface area contributed by atoms with Gasteiger partial charge in [-0.1, -0.05) is 25.1 Å². The Morgan fingerprint density at radius 1 is 1.33 bits per heavy atom. The highest BCUT2D eigenvalue weighted by Crippen LogP contribution is 2.26. The second-order valence-electron chi connectivity index (χ2n) is 5.13. The van der Waals surface area contributed by atoms with Crippen molar-refractivity contribution in [2.45, 2.75) is 45.3 Å². The van der Waals surface area contributed by atoms with Gasteiger partial charge in [-0.25, -0.2) is 4.39 Å². The Kier molecular flexibility index (Phi) is 5.76. The number of ether oxygens (including phenoxy) is 1. The van der Waals surface area contributed by atoms with E-state index in [0.717, 1.165) is 24.9 Å². The summed E-state index contributed by atoms with van der Waals surface area (Å²) in [5.74, 6) is -0.140. The molecule has 0 aliphatic rings. The van der Waals surface area contributed by atoms with Gasteiger partial charge in [0.15, 0.2) is 0 Å². The molecule has 0 aliphatic heterocycles. The number of nitrogens with one attached hydrogen (secondary N) is 1. The molecule has 0 heterocycles. The van der Waals surface area contributed by atoms with Crippen molar-refractivity contribution in [3.05, 3.63) is 35.6 Å². The molecule has 18 heavy (non-hydrogen) atoms. The van der Waals surface area contributed by atoms with Crippen LogP contribution in [0.15, 0.2) is 24.3 Å². The van der Waals surface area contributed by atoms with Crippen molar-refractivity contribution in [2.24, 2.45) is 0 Å². The predicted octanol–water partition coefficient (Wildman–Crippen LogP) is 3.68. The molecule has 1 N–H and O–H groups in total. The Hall–Kier alpha value is -0.930. The van der Waals surface area contributed by atoms with E-state index < -0.39 is 0 Å². The SMILES string of the molecule is CCNC(CCC(C)(C)OC)c1ccccc1F. The molecule has 0 spiro atoms. The van der Waals surface area contributed by atoms with Crippen LogP contribution in [-0.4, -0.2) is 19.3 Å². The maximum absolute atomic E-state index is 13.8. The van der Waals surface area contributed by atoms with Crippen LogP contribution in [0.4, 0.5) is 4.39 Å². The monoisotopic (exact) mass is 253 g/mol. The highest BCUT2D eigenvalue weighted by molar-refractivity contribution is 5.21. The second kappa shape index (κ2) is 6.86. The number of halogens is 1. The van der Waals surface area contributed by atoms with Crippen LogP contribution in [0.25, 0.3) is 0 Å². The van der Waals surface area contributed by atoms with Gasteiger partial charge in [0.05, 0.1) is 5.60 Å². The lowest BCUT2D eigenvalue weighted by Crippen LogP contribution is -2.27. The van der Waals surface area contributed by atoms with Gasteiger partial charge in [0.1, 0.15) is 5.82 Å². The van der Waals surface area contributed by atoms with E-state index in [0.29, 0.717) is 0 Å². The summed E-state index contributed by atoms with van der Waals surface area (Å²) in [5, 5.41) is 3.34. The van der Waals surface area contributed by atoms with E-state index in [2.05, 4.69) is 19.2 Å². The Balaban J connectivity index is 2.75. The molecule has 3 heteroatoms. The van der Waals surface area contributed by atoms with Crippen LogP contribution in [0.5, 0.6) is 0 Å². The molecule has 1 aromatic rings. The largest absolute Gasteiger partial charge is 0.379 e. The minimum absolute atomic E-state index is 0.0469. The standard InChI is InChI=1S/C15H24FNO/c1-5-17-14(10-11-15(2,3)18-4)12-8-6-7-9-13(12)16/h6-9,14,17H,5,10-11H2,1-4H3. The van der Waals surface area contributed by atoms with Gasteiger partial charge in [0.25, 0.3) is 0 Å². The van der Waals surface area contributed by atoms with E-state index in [1.807, 2.05) is 19.1 Å². The zero-order valence-corrected chi connectivity index (χ0v) is 11.8. The van der Waals surface area contributed by atoms with Crippen molar-refractivity contribution in [3.8, 4) is 0 Å². The highest BCUT2D eigenvalue weighted by Gasteiger charge is 2.21. The minimum Gasteiger partial charge on any atom is -0.379 e. The van der Waals surface area contributed by atoms with E-state index in [4.69, 9.17) is 4.74 Å². The van der Waals surface area contributed by atoms with Gasteiger partial charge < -0.3 is 10.1 Å². The maximum atomic E-state index is 13.8. The lowest BCUT2D eigenvalue weighted by atomic mass is 9.94. The van der Waals surface area contributed by atoms with Crippen molar-refractivity contribution in [2.75, 3.05) is 13.7 Å². The summed E-state index contributed by atoms with van der Waals surface area (Å²) in [6.45, 7) is 6.97. The Morgan fingerprint density at radius 2 is 2.00 bits per heavy atom. The first-order valence-electron chi connectivity index (χ1n) is 6.53. The Morgan fingerprint density at radius 3 is 2.56 bits per heavy atom. The highest BCUT2D eigenvalue weighted by atomic mass is 19.1. The van der Waals surface area contributed by atoms with Crippen LogP contribution in [0.3, 0.4) is 0 Å². The number of methoxy groups -OCH3 is 1. The Bertz CT molecular complexity index is 365. The van der Waals surface area contributed by atoms with Gasteiger partial charge in [-0.15, -0.1) is 0 Å². The summed E-state index contributed by atoms with van der Waals surface area (Å²) < 4.78 is 19.2. The van der Waals surface area contributed by atoms with Crippen LogP contribution in [0.1, 0.15) is 45.2 Å². The third kappa shape index (κ3) is 4.39. The number of rotatable bonds is 7. The van der Waals surface area contributed by atoms with Gasteiger partial charge in [0, 0.05) is 18.7 Å². The quantitative estimate of drug-likeness (QED) is 0.800. The van der Waals surface area contributed by atoms with E-state index in [-0.39, 0.29) is 17.5 Å². The molecule has 1 rings (SSSR count). The van der Waals surface area contributed by atoms with Crippen LogP contribution in [0, 0.1) is 5.82 Å². The first-order valence-corrected chi connectivity index (χ1v) is 6.53. The molecule has 0 saturated heterocycles. The first kappa shape index (κ1) is 15.1. The summed E-state index contributed by atoms with van der Waals surface area (Å²) >= 11 is 0. The summed E-state index contributed by atoms with van der Waals surface area (Å²) in [5.41, 5.74) is 0.574. The van der Waals surface area contributed by atoms with Crippen LogP contribution in [-0.2, 0) is 4.74 Å². The van der Waals surface area contributed by atoms with Crippen LogP contribution < -0.4 is 5.32 Å². The van der Waals surface area contributed by atoms with Crippen molar-refractivity contribution >= 4 is 0 Å². The van der Waals surface area contributed by atoms with Gasteiger partial charge in [0.2, 0.25) is 0 Å². The zero-order chi connectivity index (χ0) is 13.6. The van der Waals surface area contributed by atoms with Crippen molar-refractivity contribution in [1.82, 2.24) is 5.32 Å². The molecule has 0 aromatic heterocycles. The number of hydrogen-bond acceptors (Lipinski definition) is 2. The van der Waals surface area contributed by atoms with Crippen molar-refractivity contribution in [1.29, 1.82) is 0 Å². The zero-order valence-electron chi connectivity index (χ0n) is 11.8. The molecule has 1 unspecified atom stereocenters. The first-order chi connectivity index (χ1) is 8.50. The lowest BCUT2D eigenvalue weighted by molar-refractivity contribution is 0.0116. The summed E-state index contributed by atoms with van der Waals surface area (Å²) in [7, 11) is 1.71. The average molecular weight is 253 g/mol. The maximum Gasteiger partial charge on any atom is 0.127 e. The molecule has 0 radical (unpaired) electrons. The molecule has 0 amide bonds. The molecule has 0 fully saturated rings. The fourth-order valence-electron chi connectivity index (χ4n) is 1.97. The van der Waals surface area contributed by atoms with Gasteiger partial charge >= 0.3 is 0 Å². The molecule has 0 saturated carbocycles. The number of benzene rings is 1. The third-order valence-electron chi connectivity index (χ3n) is 3.32. The summed E-state index contributed by atoms with van der Waals surface area (Å²) in [6.07, 6.45) is 1.74. The molecular formula is C15H24FNO. The van der Waals surface area contributed by atoms with E-state index in [1.54, 1.807) is 13.2 Å². The topological polar surface area (TPSA) is 21.3 Å². The predicted molar refractivity (Wildman–Crippen MR) is 73.1 cm³/mol. The fourth-order valence-corrected chi connectivity index (χ4v) is 1.97. The summed E-state index contributed by atoms with van der Waals surface area (Å²) in [6, 6.07) is 7.01. The van der Waals surface area contributed by atoms with Gasteiger partial charge in [-0.05, 0) is 39.3 Å². The van der Waals surface area contributed by atoms with Crippen LogP contribution in [0.2, 0.25) is 0 Å². The van der Waals surface area contributed by atoms with Gasteiger partial charge in [-0.2, -0.15) is 0 Å². The lowest BCUT2D eigenvalue weighted by Gasteiger charge is -2.26. The molecule has 102 valence electrons. The average Bonchev–Trinajstić information content (AvgIpc) is 2.35. The third-order valence-corrected chi connectivity index (χ3v) is 3.32. The molecule has 0 aliphatic carbocycles. The molecule has 0 bridgehead atoms. The van der Waals surface area contributed by atoms with E-state index in [1.165, 1.54) is 6.07 Å². The summed E-state index contributed by atoms with van der Waals surface area (Å²) in [4.78, 5) is 0. The van der Waals surface area contributed by atoms with Crippen LogP contribution >= 0.6 is 0 Å². The minimum atomic E-state index is -0.168. The number of hydrogen-bond donors (Lipinski definition) is 1. The second-order valence-corrected chi connectivity index (χ2v) is 5.13. The molecular weight excluding hydrogens is 229 g/mol.